The summed E-state index contributed by atoms with van der Waals surface area (Å²) in [7, 11) is 1.70. The van der Waals surface area contributed by atoms with E-state index in [1.165, 1.54) is 22.8 Å². The number of carbonyl (C=O) groups is 1. The van der Waals surface area contributed by atoms with E-state index in [0.29, 0.717) is 41.8 Å². The van der Waals surface area contributed by atoms with Gasteiger partial charge in [-0.25, -0.2) is 13.8 Å². The van der Waals surface area contributed by atoms with Crippen LogP contribution in [0.15, 0.2) is 24.4 Å². The Labute approximate surface area is 181 Å². The quantitative estimate of drug-likeness (QED) is 0.559. The van der Waals surface area contributed by atoms with E-state index >= 15 is 0 Å². The summed E-state index contributed by atoms with van der Waals surface area (Å²) in [6.45, 7) is 0.401. The molecule has 1 aliphatic heterocycles. The molecule has 1 spiro atoms. The maximum atomic E-state index is 14.3. The molecule has 11 heteroatoms. The zero-order valence-electron chi connectivity index (χ0n) is 17.1. The number of hydrogen-bond donors (Lipinski definition) is 3. The summed E-state index contributed by atoms with van der Waals surface area (Å²) >= 11 is 0. The largest absolute Gasteiger partial charge is 0.483 e. The SMILES string of the molecule is CNc1cc(Nc2cc(F)cc3c2OCC2(CC2)O3)nc2c(C(=O)N[C@@H]3C[C@@H]3F)cnn12. The van der Waals surface area contributed by atoms with Crippen LogP contribution < -0.4 is 25.4 Å². The van der Waals surface area contributed by atoms with Crippen LogP contribution in [-0.2, 0) is 0 Å². The summed E-state index contributed by atoms with van der Waals surface area (Å²) in [6, 6.07) is 3.80. The van der Waals surface area contributed by atoms with Gasteiger partial charge in [-0.2, -0.15) is 9.61 Å². The number of fused-ring (bicyclic) bond motifs is 2. The van der Waals surface area contributed by atoms with Gasteiger partial charge in [0, 0.05) is 31.7 Å². The van der Waals surface area contributed by atoms with Crippen molar-refractivity contribution in [2.75, 3.05) is 24.3 Å². The Kier molecular flexibility index (Phi) is 3.99. The van der Waals surface area contributed by atoms with Crippen LogP contribution in [0.4, 0.5) is 26.1 Å². The van der Waals surface area contributed by atoms with Gasteiger partial charge in [-0.05, 0) is 12.8 Å². The second-order valence-electron chi connectivity index (χ2n) is 8.38. The van der Waals surface area contributed by atoms with Gasteiger partial charge < -0.3 is 25.4 Å². The van der Waals surface area contributed by atoms with Crippen molar-refractivity contribution in [3.63, 3.8) is 0 Å². The molecule has 3 N–H and O–H groups in total. The average Bonchev–Trinajstić information content (AvgIpc) is 3.62. The highest BCUT2D eigenvalue weighted by Gasteiger charge is 2.49. The van der Waals surface area contributed by atoms with Gasteiger partial charge in [0.25, 0.3) is 5.91 Å². The lowest BCUT2D eigenvalue weighted by Crippen LogP contribution is -2.31. The van der Waals surface area contributed by atoms with E-state index in [0.717, 1.165) is 12.8 Å². The number of nitrogens with one attached hydrogen (secondary N) is 3. The van der Waals surface area contributed by atoms with Crippen molar-refractivity contribution >= 4 is 28.9 Å². The third-order valence-corrected chi connectivity index (χ3v) is 5.90. The van der Waals surface area contributed by atoms with Gasteiger partial charge in [0.2, 0.25) is 0 Å². The van der Waals surface area contributed by atoms with Crippen molar-refractivity contribution in [3.05, 3.63) is 35.8 Å². The van der Waals surface area contributed by atoms with E-state index in [1.807, 2.05) is 0 Å². The maximum Gasteiger partial charge on any atom is 0.257 e. The van der Waals surface area contributed by atoms with E-state index in [9.17, 15) is 13.6 Å². The second kappa shape index (κ2) is 6.68. The third kappa shape index (κ3) is 3.15. The normalized spacial score (nSPS) is 22.0. The molecule has 2 aromatic heterocycles. The predicted molar refractivity (Wildman–Crippen MR) is 111 cm³/mol. The molecule has 3 aromatic rings. The molecule has 2 fully saturated rings. The van der Waals surface area contributed by atoms with Crippen molar-refractivity contribution < 1.29 is 23.0 Å². The molecule has 1 aromatic carbocycles. The highest BCUT2D eigenvalue weighted by atomic mass is 19.1. The molecule has 0 radical (unpaired) electrons. The molecular weight excluding hydrogens is 422 g/mol. The molecule has 32 heavy (non-hydrogen) atoms. The van der Waals surface area contributed by atoms with Crippen molar-refractivity contribution in [2.45, 2.75) is 37.1 Å². The lowest BCUT2D eigenvalue weighted by Gasteiger charge is -2.28. The zero-order chi connectivity index (χ0) is 22.0. The first-order chi connectivity index (χ1) is 15.4. The number of carbonyl (C=O) groups excluding carboxylic acids is 1. The van der Waals surface area contributed by atoms with Crippen LogP contribution in [0.3, 0.4) is 0 Å². The molecular formula is C21H20F2N6O3. The number of nitrogens with zero attached hydrogens (tertiary/aromatic N) is 3. The lowest BCUT2D eigenvalue weighted by atomic mass is 10.2. The van der Waals surface area contributed by atoms with E-state index in [4.69, 9.17) is 9.47 Å². The first-order valence-corrected chi connectivity index (χ1v) is 10.4. The molecule has 1 amide bonds. The topological polar surface area (TPSA) is 102 Å². The number of ether oxygens (including phenoxy) is 2. The first-order valence-electron chi connectivity index (χ1n) is 10.4. The fourth-order valence-electron chi connectivity index (χ4n) is 3.80. The Morgan fingerprint density at radius 2 is 2.12 bits per heavy atom. The van der Waals surface area contributed by atoms with Gasteiger partial charge in [-0.1, -0.05) is 0 Å². The number of hydrogen-bond acceptors (Lipinski definition) is 7. The van der Waals surface area contributed by atoms with Crippen molar-refractivity contribution in [1.29, 1.82) is 0 Å². The van der Waals surface area contributed by atoms with E-state index < -0.39 is 23.9 Å². The number of alkyl halides is 1. The molecule has 0 unspecified atom stereocenters. The van der Waals surface area contributed by atoms with Crippen molar-refractivity contribution in [3.8, 4) is 11.5 Å². The minimum absolute atomic E-state index is 0.209. The standard InChI is InChI=1S/C21H20F2N6O3/c1-24-17-7-16(28-19-11(8-25-29(17)19)20(30)27-13-6-12(13)23)26-14-4-10(22)5-15-18(14)31-9-21(32-15)2-3-21/h4-5,7-8,12-13,24H,2-3,6,9H2,1H3,(H,26,28)(H,27,30)/t12-,13+/m0/s1. The first kappa shape index (κ1) is 19.1. The molecule has 166 valence electrons. The van der Waals surface area contributed by atoms with Gasteiger partial charge in [-0.15, -0.1) is 0 Å². The fraction of sp³-hybridized carbons (Fsp3) is 0.381. The second-order valence-corrected chi connectivity index (χ2v) is 8.38. The minimum Gasteiger partial charge on any atom is -0.483 e. The summed E-state index contributed by atoms with van der Waals surface area (Å²) in [4.78, 5) is 17.1. The smallest absolute Gasteiger partial charge is 0.257 e. The monoisotopic (exact) mass is 442 g/mol. The Balaban J connectivity index is 1.36. The van der Waals surface area contributed by atoms with Crippen LogP contribution in [0, 0.1) is 5.82 Å². The number of halogens is 2. The number of anilines is 3. The minimum atomic E-state index is -1.02. The molecule has 3 heterocycles. The number of aromatic nitrogens is 3. The molecule has 2 saturated carbocycles. The van der Waals surface area contributed by atoms with Gasteiger partial charge in [-0.3, -0.25) is 4.79 Å². The van der Waals surface area contributed by atoms with E-state index in [2.05, 4.69) is 26.0 Å². The van der Waals surface area contributed by atoms with Crippen LogP contribution in [0.25, 0.3) is 5.65 Å². The highest BCUT2D eigenvalue weighted by molar-refractivity contribution is 6.00. The van der Waals surface area contributed by atoms with Crippen molar-refractivity contribution in [1.82, 2.24) is 19.9 Å². The Hall–Kier alpha value is -3.63. The number of rotatable bonds is 5. The summed E-state index contributed by atoms with van der Waals surface area (Å²) in [5.41, 5.74) is 0.500. The van der Waals surface area contributed by atoms with E-state index in [-0.39, 0.29) is 16.8 Å². The van der Waals surface area contributed by atoms with Gasteiger partial charge in [0.15, 0.2) is 17.1 Å². The summed E-state index contributed by atoms with van der Waals surface area (Å²) in [5, 5.41) is 12.9. The van der Waals surface area contributed by atoms with E-state index in [1.54, 1.807) is 13.1 Å². The van der Waals surface area contributed by atoms with Crippen LogP contribution in [0.2, 0.25) is 0 Å². The summed E-state index contributed by atoms with van der Waals surface area (Å²) in [5.74, 6) is 0.718. The molecule has 2 aliphatic carbocycles. The summed E-state index contributed by atoms with van der Waals surface area (Å²) in [6.07, 6.45) is 2.43. The highest BCUT2D eigenvalue weighted by Crippen LogP contribution is 2.50. The summed E-state index contributed by atoms with van der Waals surface area (Å²) < 4.78 is 40.8. The average molecular weight is 442 g/mol. The number of amides is 1. The van der Waals surface area contributed by atoms with Gasteiger partial charge >= 0.3 is 0 Å². The van der Waals surface area contributed by atoms with Crippen LogP contribution >= 0.6 is 0 Å². The third-order valence-electron chi connectivity index (χ3n) is 5.90. The lowest BCUT2D eigenvalue weighted by molar-refractivity contribution is 0.0720. The Morgan fingerprint density at radius 1 is 1.31 bits per heavy atom. The van der Waals surface area contributed by atoms with Crippen LogP contribution in [-0.4, -0.2) is 52.0 Å². The maximum absolute atomic E-state index is 14.3. The molecule has 9 nitrogen and oxygen atoms in total. The molecule has 6 rings (SSSR count). The molecule has 0 bridgehead atoms. The van der Waals surface area contributed by atoms with Gasteiger partial charge in [0.05, 0.1) is 17.9 Å². The van der Waals surface area contributed by atoms with Crippen LogP contribution in [0.1, 0.15) is 29.6 Å². The Bertz CT molecular complexity index is 1260. The van der Waals surface area contributed by atoms with Crippen LogP contribution in [0.5, 0.6) is 11.5 Å². The zero-order valence-corrected chi connectivity index (χ0v) is 17.1. The predicted octanol–water partition coefficient (Wildman–Crippen LogP) is 2.80. The molecule has 3 aliphatic rings. The van der Waals surface area contributed by atoms with Gasteiger partial charge in [0.1, 0.15) is 41.4 Å². The Morgan fingerprint density at radius 3 is 2.84 bits per heavy atom. The molecule has 0 saturated heterocycles. The fourth-order valence-corrected chi connectivity index (χ4v) is 3.80. The van der Waals surface area contributed by atoms with Crippen molar-refractivity contribution in [2.24, 2.45) is 0 Å². The molecule has 2 atom stereocenters. The number of benzene rings is 1.